The van der Waals surface area contributed by atoms with Crippen molar-refractivity contribution in [1.29, 1.82) is 0 Å². The molecule has 0 saturated carbocycles. The van der Waals surface area contributed by atoms with E-state index >= 15 is 0 Å². The van der Waals surface area contributed by atoms with Crippen LogP contribution in [0.3, 0.4) is 0 Å². The van der Waals surface area contributed by atoms with E-state index in [0.29, 0.717) is 5.92 Å². The van der Waals surface area contributed by atoms with Gasteiger partial charge in [-0.3, -0.25) is 0 Å². The molecule has 0 amide bonds. The van der Waals surface area contributed by atoms with Crippen LogP contribution in [0, 0.1) is 0 Å². The van der Waals surface area contributed by atoms with Crippen molar-refractivity contribution in [3.63, 3.8) is 0 Å². The molecule has 1 aliphatic heterocycles. The molecule has 0 saturated heterocycles. The zero-order chi connectivity index (χ0) is 11.9. The van der Waals surface area contributed by atoms with Crippen LogP contribution in [0.1, 0.15) is 38.7 Å². The number of rotatable bonds is 1. The Morgan fingerprint density at radius 2 is 2.12 bits per heavy atom. The van der Waals surface area contributed by atoms with Crippen LogP contribution in [0.25, 0.3) is 0 Å². The van der Waals surface area contributed by atoms with Gasteiger partial charge in [-0.25, -0.2) is 0 Å². The molecule has 1 aromatic carbocycles. The Bertz CT molecular complexity index is 395. The Labute approximate surface area is 105 Å². The molecule has 0 aromatic heterocycles. The molecule has 0 radical (unpaired) electrons. The van der Waals surface area contributed by atoms with Gasteiger partial charge in [0.1, 0.15) is 11.9 Å². The van der Waals surface area contributed by atoms with Gasteiger partial charge in [0.15, 0.2) is 0 Å². The van der Waals surface area contributed by atoms with Gasteiger partial charge in [-0.2, -0.15) is 0 Å². The average Bonchev–Trinajstić information content (AvgIpc) is 2.17. The lowest BCUT2D eigenvalue weighted by molar-refractivity contribution is -0.0461. The largest absolute Gasteiger partial charge is 0.487 e. The van der Waals surface area contributed by atoms with Crippen molar-refractivity contribution < 1.29 is 9.84 Å². The Hall–Kier alpha value is -0.540. The maximum atomic E-state index is 10.0. The van der Waals surface area contributed by atoms with E-state index in [2.05, 4.69) is 28.9 Å². The zero-order valence-corrected chi connectivity index (χ0v) is 11.4. The highest BCUT2D eigenvalue weighted by atomic mass is 79.9. The van der Waals surface area contributed by atoms with Crippen molar-refractivity contribution in [2.45, 2.75) is 44.8 Å². The molecule has 3 heteroatoms. The molecule has 2 nitrogen and oxygen atoms in total. The maximum absolute atomic E-state index is 10.0. The fourth-order valence-corrected chi connectivity index (χ4v) is 2.47. The number of halogens is 1. The molecule has 16 heavy (non-hydrogen) atoms. The van der Waals surface area contributed by atoms with Crippen LogP contribution in [-0.2, 0) is 0 Å². The molecule has 1 heterocycles. The van der Waals surface area contributed by atoms with E-state index in [9.17, 15) is 5.11 Å². The first kappa shape index (κ1) is 11.9. The van der Waals surface area contributed by atoms with E-state index in [1.807, 2.05) is 12.1 Å². The van der Waals surface area contributed by atoms with Crippen LogP contribution in [0.4, 0.5) is 0 Å². The first-order valence-electron chi connectivity index (χ1n) is 5.56. The van der Waals surface area contributed by atoms with E-state index in [1.165, 1.54) is 5.56 Å². The minimum atomic E-state index is -0.793. The summed E-state index contributed by atoms with van der Waals surface area (Å²) in [5.41, 5.74) is 0.425. The zero-order valence-electron chi connectivity index (χ0n) is 9.83. The summed E-state index contributed by atoms with van der Waals surface area (Å²) >= 11 is 3.47. The lowest BCUT2D eigenvalue weighted by Gasteiger charge is -2.37. The van der Waals surface area contributed by atoms with E-state index < -0.39 is 5.60 Å². The van der Waals surface area contributed by atoms with Crippen LogP contribution < -0.4 is 4.74 Å². The lowest BCUT2D eigenvalue weighted by Crippen LogP contribution is -2.43. The number of hydrogen-bond acceptors (Lipinski definition) is 2. The summed E-state index contributed by atoms with van der Waals surface area (Å²) in [6.07, 6.45) is 0.726. The quantitative estimate of drug-likeness (QED) is 0.856. The molecule has 2 rings (SSSR count). The third-order valence-electron chi connectivity index (χ3n) is 3.13. The molecule has 1 aliphatic rings. The molecule has 1 aromatic rings. The summed E-state index contributed by atoms with van der Waals surface area (Å²) in [6.45, 7) is 5.77. The standard InChI is InChI=1S/C13H17BrO2/c1-8-6-12(13(2,3)15)16-11-5-4-9(14)7-10(8)11/h4-5,7-8,12,15H,6H2,1-3H3. The smallest absolute Gasteiger partial charge is 0.127 e. The number of fused-ring (bicyclic) bond motifs is 1. The molecule has 2 unspecified atom stereocenters. The number of aliphatic hydroxyl groups is 1. The Morgan fingerprint density at radius 1 is 1.44 bits per heavy atom. The number of benzene rings is 1. The number of hydrogen-bond donors (Lipinski definition) is 1. The van der Waals surface area contributed by atoms with Gasteiger partial charge in [-0.05, 0) is 49.9 Å². The second-order valence-electron chi connectivity index (χ2n) is 5.08. The average molecular weight is 285 g/mol. The van der Waals surface area contributed by atoms with Crippen LogP contribution in [-0.4, -0.2) is 16.8 Å². The molecule has 1 N–H and O–H groups in total. The van der Waals surface area contributed by atoms with Gasteiger partial charge < -0.3 is 9.84 Å². The predicted molar refractivity (Wildman–Crippen MR) is 67.9 cm³/mol. The van der Waals surface area contributed by atoms with Crippen molar-refractivity contribution in [1.82, 2.24) is 0 Å². The highest BCUT2D eigenvalue weighted by Crippen LogP contribution is 2.39. The summed E-state index contributed by atoms with van der Waals surface area (Å²) in [7, 11) is 0. The van der Waals surface area contributed by atoms with E-state index in [4.69, 9.17) is 4.74 Å². The predicted octanol–water partition coefficient (Wildman–Crippen LogP) is 3.47. The van der Waals surface area contributed by atoms with Gasteiger partial charge in [0.25, 0.3) is 0 Å². The lowest BCUT2D eigenvalue weighted by atomic mass is 9.86. The minimum Gasteiger partial charge on any atom is -0.487 e. The van der Waals surface area contributed by atoms with E-state index in [-0.39, 0.29) is 6.10 Å². The molecular weight excluding hydrogens is 268 g/mol. The van der Waals surface area contributed by atoms with Gasteiger partial charge in [-0.1, -0.05) is 22.9 Å². The van der Waals surface area contributed by atoms with Crippen molar-refractivity contribution in [2.24, 2.45) is 0 Å². The Morgan fingerprint density at radius 3 is 2.75 bits per heavy atom. The van der Waals surface area contributed by atoms with Gasteiger partial charge in [0.05, 0.1) is 5.60 Å². The Balaban J connectivity index is 2.34. The Kier molecular flexibility index (Phi) is 3.01. The second kappa shape index (κ2) is 4.04. The summed E-state index contributed by atoms with van der Waals surface area (Å²) in [5, 5.41) is 10.0. The molecule has 0 fully saturated rings. The number of ether oxygens (including phenoxy) is 1. The monoisotopic (exact) mass is 284 g/mol. The van der Waals surface area contributed by atoms with Crippen LogP contribution in [0.2, 0.25) is 0 Å². The van der Waals surface area contributed by atoms with E-state index in [0.717, 1.165) is 16.6 Å². The molecule has 0 spiro atoms. The van der Waals surface area contributed by atoms with Gasteiger partial charge in [-0.15, -0.1) is 0 Å². The summed E-state index contributed by atoms with van der Waals surface area (Å²) in [4.78, 5) is 0. The topological polar surface area (TPSA) is 29.5 Å². The van der Waals surface area contributed by atoms with Crippen molar-refractivity contribution in [2.75, 3.05) is 0 Å². The van der Waals surface area contributed by atoms with E-state index in [1.54, 1.807) is 13.8 Å². The summed E-state index contributed by atoms with van der Waals surface area (Å²) in [5.74, 6) is 1.31. The molecule has 88 valence electrons. The van der Waals surface area contributed by atoms with Crippen molar-refractivity contribution >= 4 is 15.9 Å². The molecule has 0 aliphatic carbocycles. The SMILES string of the molecule is CC1CC(C(C)(C)O)Oc2ccc(Br)cc21. The third-order valence-corrected chi connectivity index (χ3v) is 3.62. The second-order valence-corrected chi connectivity index (χ2v) is 5.99. The molecular formula is C13H17BrO2. The first-order chi connectivity index (χ1) is 7.38. The van der Waals surface area contributed by atoms with Crippen molar-refractivity contribution in [3.8, 4) is 5.75 Å². The third kappa shape index (κ3) is 2.25. The van der Waals surface area contributed by atoms with Gasteiger partial charge in [0, 0.05) is 4.47 Å². The van der Waals surface area contributed by atoms with Crippen molar-refractivity contribution in [3.05, 3.63) is 28.2 Å². The maximum Gasteiger partial charge on any atom is 0.127 e. The minimum absolute atomic E-state index is 0.129. The molecule has 0 bridgehead atoms. The first-order valence-corrected chi connectivity index (χ1v) is 6.35. The van der Waals surface area contributed by atoms with Gasteiger partial charge >= 0.3 is 0 Å². The van der Waals surface area contributed by atoms with Crippen LogP contribution in [0.5, 0.6) is 5.75 Å². The summed E-state index contributed by atoms with van der Waals surface area (Å²) in [6, 6.07) is 6.03. The fourth-order valence-electron chi connectivity index (χ4n) is 2.09. The van der Waals surface area contributed by atoms with Gasteiger partial charge in [0.2, 0.25) is 0 Å². The fraction of sp³-hybridized carbons (Fsp3) is 0.538. The van der Waals surface area contributed by atoms with Crippen LogP contribution in [0.15, 0.2) is 22.7 Å². The van der Waals surface area contributed by atoms with Crippen LogP contribution >= 0.6 is 15.9 Å². The highest BCUT2D eigenvalue weighted by molar-refractivity contribution is 9.10. The normalized spacial score (nSPS) is 24.8. The summed E-state index contributed by atoms with van der Waals surface area (Å²) < 4.78 is 6.92. The molecule has 2 atom stereocenters. The highest BCUT2D eigenvalue weighted by Gasteiger charge is 2.35.